The highest BCUT2D eigenvalue weighted by molar-refractivity contribution is 5.35. The minimum absolute atomic E-state index is 0.720. The van der Waals surface area contributed by atoms with E-state index < -0.39 is 0 Å². The summed E-state index contributed by atoms with van der Waals surface area (Å²) in [4.78, 5) is 0. The van der Waals surface area contributed by atoms with Gasteiger partial charge >= 0.3 is 0 Å². The van der Waals surface area contributed by atoms with Gasteiger partial charge in [0.15, 0.2) is 0 Å². The highest BCUT2D eigenvalue weighted by atomic mass is 14.3. The van der Waals surface area contributed by atoms with E-state index in [4.69, 9.17) is 0 Å². The van der Waals surface area contributed by atoms with Gasteiger partial charge in [-0.05, 0) is 54.6 Å². The van der Waals surface area contributed by atoms with Crippen LogP contribution in [-0.4, -0.2) is 0 Å². The van der Waals surface area contributed by atoms with Gasteiger partial charge in [0.25, 0.3) is 0 Å². The first-order valence-electron chi connectivity index (χ1n) is 7.49. The van der Waals surface area contributed by atoms with Gasteiger partial charge in [0, 0.05) is 0 Å². The van der Waals surface area contributed by atoms with E-state index in [-0.39, 0.29) is 0 Å². The van der Waals surface area contributed by atoms with E-state index >= 15 is 0 Å². The van der Waals surface area contributed by atoms with Gasteiger partial charge in [-0.15, -0.1) is 0 Å². The van der Waals surface area contributed by atoms with Crippen LogP contribution in [0.5, 0.6) is 0 Å². The lowest BCUT2D eigenvalue weighted by atomic mass is 9.75. The second-order valence-corrected chi connectivity index (χ2v) is 6.42. The van der Waals surface area contributed by atoms with Crippen molar-refractivity contribution in [3.8, 4) is 0 Å². The highest BCUT2D eigenvalue weighted by Gasteiger charge is 2.29. The van der Waals surface area contributed by atoms with Crippen molar-refractivity contribution in [1.29, 1.82) is 0 Å². The molecule has 1 saturated carbocycles. The third-order valence-corrected chi connectivity index (χ3v) is 5.04. The SMILES string of the molecule is C=C(C1Cc2ccccc2C1)C1CCCC(C)C1. The van der Waals surface area contributed by atoms with Crippen LogP contribution in [0.25, 0.3) is 0 Å². The van der Waals surface area contributed by atoms with E-state index in [1.807, 2.05) is 0 Å². The largest absolute Gasteiger partial charge is 0.0993 e. The zero-order valence-electron chi connectivity index (χ0n) is 11.5. The van der Waals surface area contributed by atoms with Crippen molar-refractivity contribution >= 4 is 0 Å². The van der Waals surface area contributed by atoms with Crippen molar-refractivity contribution in [2.75, 3.05) is 0 Å². The Morgan fingerprint density at radius 3 is 2.33 bits per heavy atom. The monoisotopic (exact) mass is 240 g/mol. The predicted molar refractivity (Wildman–Crippen MR) is 77.6 cm³/mol. The van der Waals surface area contributed by atoms with Gasteiger partial charge in [0.1, 0.15) is 0 Å². The Kier molecular flexibility index (Phi) is 3.28. The summed E-state index contributed by atoms with van der Waals surface area (Å²) in [6, 6.07) is 8.94. The van der Waals surface area contributed by atoms with E-state index in [1.165, 1.54) is 38.5 Å². The summed E-state index contributed by atoms with van der Waals surface area (Å²) in [5, 5.41) is 0. The molecule has 0 aromatic heterocycles. The van der Waals surface area contributed by atoms with Crippen LogP contribution in [0.2, 0.25) is 0 Å². The molecule has 2 atom stereocenters. The van der Waals surface area contributed by atoms with Crippen LogP contribution in [0.1, 0.15) is 43.7 Å². The lowest BCUT2D eigenvalue weighted by Crippen LogP contribution is -2.19. The molecule has 2 aliphatic rings. The molecule has 1 aromatic rings. The molecule has 1 aromatic carbocycles. The number of hydrogen-bond acceptors (Lipinski definition) is 0. The molecule has 0 aliphatic heterocycles. The molecule has 2 unspecified atom stereocenters. The van der Waals surface area contributed by atoms with Crippen molar-refractivity contribution < 1.29 is 0 Å². The second-order valence-electron chi connectivity index (χ2n) is 6.42. The molecule has 0 N–H and O–H groups in total. The van der Waals surface area contributed by atoms with E-state index in [0.717, 1.165) is 17.8 Å². The fourth-order valence-corrected chi connectivity index (χ4v) is 3.93. The molecule has 96 valence electrons. The molecule has 0 bridgehead atoms. The Balaban J connectivity index is 1.68. The zero-order chi connectivity index (χ0) is 12.5. The molecule has 0 saturated heterocycles. The van der Waals surface area contributed by atoms with Crippen LogP contribution in [-0.2, 0) is 12.8 Å². The average molecular weight is 240 g/mol. The first-order chi connectivity index (χ1) is 8.74. The Hall–Kier alpha value is -1.04. The summed E-state index contributed by atoms with van der Waals surface area (Å²) < 4.78 is 0. The van der Waals surface area contributed by atoms with Crippen LogP contribution < -0.4 is 0 Å². The molecule has 0 nitrogen and oxygen atoms in total. The average Bonchev–Trinajstić information content (AvgIpc) is 2.81. The van der Waals surface area contributed by atoms with Crippen molar-refractivity contribution in [3.63, 3.8) is 0 Å². The van der Waals surface area contributed by atoms with Crippen LogP contribution in [0.15, 0.2) is 36.4 Å². The number of hydrogen-bond donors (Lipinski definition) is 0. The van der Waals surface area contributed by atoms with Gasteiger partial charge in [0.05, 0.1) is 0 Å². The maximum absolute atomic E-state index is 4.48. The Labute approximate surface area is 111 Å². The summed E-state index contributed by atoms with van der Waals surface area (Å²) in [7, 11) is 0. The lowest BCUT2D eigenvalue weighted by molar-refractivity contribution is 0.298. The summed E-state index contributed by atoms with van der Waals surface area (Å²) in [6.45, 7) is 6.88. The Morgan fingerprint density at radius 2 is 1.72 bits per heavy atom. The fourth-order valence-electron chi connectivity index (χ4n) is 3.93. The summed E-state index contributed by atoms with van der Waals surface area (Å²) in [5.41, 5.74) is 4.68. The smallest absolute Gasteiger partial charge is 0.0122 e. The molecule has 0 radical (unpaired) electrons. The minimum Gasteiger partial charge on any atom is -0.0993 e. The normalized spacial score (nSPS) is 28.1. The van der Waals surface area contributed by atoms with Crippen LogP contribution >= 0.6 is 0 Å². The summed E-state index contributed by atoms with van der Waals surface area (Å²) in [5.74, 6) is 2.43. The maximum atomic E-state index is 4.48. The fraction of sp³-hybridized carbons (Fsp3) is 0.556. The van der Waals surface area contributed by atoms with Crippen molar-refractivity contribution in [1.82, 2.24) is 0 Å². The van der Waals surface area contributed by atoms with E-state index in [1.54, 1.807) is 16.7 Å². The molecule has 2 aliphatic carbocycles. The first-order valence-corrected chi connectivity index (χ1v) is 7.49. The van der Waals surface area contributed by atoms with Crippen molar-refractivity contribution in [3.05, 3.63) is 47.5 Å². The van der Waals surface area contributed by atoms with E-state index in [9.17, 15) is 0 Å². The van der Waals surface area contributed by atoms with Crippen LogP contribution in [0.4, 0.5) is 0 Å². The van der Waals surface area contributed by atoms with Crippen molar-refractivity contribution in [2.45, 2.75) is 45.4 Å². The van der Waals surface area contributed by atoms with Crippen molar-refractivity contribution in [2.24, 2.45) is 17.8 Å². The van der Waals surface area contributed by atoms with Crippen LogP contribution in [0.3, 0.4) is 0 Å². The molecule has 0 spiro atoms. The Bertz CT molecular complexity index is 418. The standard InChI is InChI=1S/C18H24/c1-13-6-5-9-15(10-13)14(2)18-11-16-7-3-4-8-17(16)12-18/h3-4,7-8,13,15,18H,2,5-6,9-12H2,1H3. The van der Waals surface area contributed by atoms with Gasteiger partial charge < -0.3 is 0 Å². The summed E-state index contributed by atoms with van der Waals surface area (Å²) in [6.07, 6.45) is 8.07. The molecule has 0 amide bonds. The number of rotatable bonds is 2. The van der Waals surface area contributed by atoms with E-state index in [2.05, 4.69) is 37.8 Å². The Morgan fingerprint density at radius 1 is 1.06 bits per heavy atom. The zero-order valence-corrected chi connectivity index (χ0v) is 11.5. The maximum Gasteiger partial charge on any atom is -0.0122 e. The number of fused-ring (bicyclic) bond motifs is 1. The molecular weight excluding hydrogens is 216 g/mol. The molecule has 18 heavy (non-hydrogen) atoms. The third-order valence-electron chi connectivity index (χ3n) is 5.04. The summed E-state index contributed by atoms with van der Waals surface area (Å²) >= 11 is 0. The third kappa shape index (κ3) is 2.25. The molecular formula is C18H24. The number of allylic oxidation sites excluding steroid dienone is 1. The molecule has 0 heterocycles. The second kappa shape index (κ2) is 4.91. The van der Waals surface area contributed by atoms with Crippen LogP contribution in [0, 0.1) is 17.8 Å². The predicted octanol–water partition coefficient (Wildman–Crippen LogP) is 4.78. The molecule has 0 heteroatoms. The van der Waals surface area contributed by atoms with Gasteiger partial charge in [-0.25, -0.2) is 0 Å². The number of benzene rings is 1. The quantitative estimate of drug-likeness (QED) is 0.652. The van der Waals surface area contributed by atoms with Gasteiger partial charge in [-0.2, -0.15) is 0 Å². The molecule has 3 rings (SSSR count). The highest BCUT2D eigenvalue weighted by Crippen LogP contribution is 2.40. The van der Waals surface area contributed by atoms with Gasteiger partial charge in [-0.1, -0.05) is 56.2 Å². The van der Waals surface area contributed by atoms with Gasteiger partial charge in [0.2, 0.25) is 0 Å². The van der Waals surface area contributed by atoms with E-state index in [0.29, 0.717) is 0 Å². The molecule has 1 fully saturated rings. The first kappa shape index (κ1) is 12.0. The topological polar surface area (TPSA) is 0 Å². The van der Waals surface area contributed by atoms with Gasteiger partial charge in [-0.3, -0.25) is 0 Å². The lowest BCUT2D eigenvalue weighted by Gasteiger charge is -2.31. The minimum atomic E-state index is 0.720.